The van der Waals surface area contributed by atoms with Crippen LogP contribution in [0.5, 0.6) is 5.75 Å². The van der Waals surface area contributed by atoms with E-state index in [1.807, 2.05) is 24.3 Å². The summed E-state index contributed by atoms with van der Waals surface area (Å²) in [6, 6.07) is 7.77. The molecule has 0 aliphatic carbocycles. The summed E-state index contributed by atoms with van der Waals surface area (Å²) in [5, 5.41) is 8.21. The lowest BCUT2D eigenvalue weighted by Crippen LogP contribution is -2.04. The largest absolute Gasteiger partial charge is 0.492 e. The average molecular weight is 291 g/mol. The number of carbonyl (C=O) groups is 1. The number of aldehydes is 1. The van der Waals surface area contributed by atoms with Crippen LogP contribution in [-0.2, 0) is 6.42 Å². The van der Waals surface area contributed by atoms with Crippen molar-refractivity contribution < 1.29 is 9.53 Å². The molecular formula is C15H15ClN2O2. The number of ether oxygens (including phenoxy) is 1. The molecule has 104 valence electrons. The van der Waals surface area contributed by atoms with E-state index in [2.05, 4.69) is 10.2 Å². The van der Waals surface area contributed by atoms with Crippen molar-refractivity contribution >= 4 is 17.9 Å². The normalized spacial score (nSPS) is 10.3. The van der Waals surface area contributed by atoms with E-state index in [9.17, 15) is 4.79 Å². The minimum atomic E-state index is 0.320. The lowest BCUT2D eigenvalue weighted by atomic mass is 10.1. The Morgan fingerprint density at radius 2 is 2.05 bits per heavy atom. The molecule has 0 bridgehead atoms. The number of aryl methyl sites for hydroxylation is 1. The van der Waals surface area contributed by atoms with Crippen LogP contribution in [0.15, 0.2) is 30.5 Å². The highest BCUT2D eigenvalue weighted by molar-refractivity contribution is 6.30. The average Bonchev–Trinajstić information content (AvgIpc) is 2.47. The lowest BCUT2D eigenvalue weighted by molar-refractivity contribution is 0.111. The predicted molar refractivity (Wildman–Crippen MR) is 77.4 cm³/mol. The number of halogens is 1. The van der Waals surface area contributed by atoms with E-state index in [-0.39, 0.29) is 0 Å². The first-order valence-electron chi connectivity index (χ1n) is 6.35. The van der Waals surface area contributed by atoms with E-state index in [0.717, 1.165) is 23.4 Å². The number of aromatic nitrogens is 2. The van der Waals surface area contributed by atoms with Crippen molar-refractivity contribution in [2.24, 2.45) is 0 Å². The van der Waals surface area contributed by atoms with Crippen LogP contribution in [0.4, 0.5) is 0 Å². The summed E-state index contributed by atoms with van der Waals surface area (Å²) in [6.07, 6.45) is 4.00. The van der Waals surface area contributed by atoms with E-state index in [1.165, 1.54) is 11.8 Å². The molecule has 2 aromatic rings. The Hall–Kier alpha value is -1.94. The molecule has 0 spiro atoms. The number of hydrogen-bond acceptors (Lipinski definition) is 4. The van der Waals surface area contributed by atoms with Gasteiger partial charge in [-0.05, 0) is 37.5 Å². The maximum Gasteiger partial charge on any atom is 0.170 e. The van der Waals surface area contributed by atoms with E-state index in [1.54, 1.807) is 6.92 Å². The molecule has 0 unspecified atom stereocenters. The van der Waals surface area contributed by atoms with Gasteiger partial charge in [0.2, 0.25) is 0 Å². The van der Waals surface area contributed by atoms with Gasteiger partial charge in [-0.2, -0.15) is 5.10 Å². The van der Waals surface area contributed by atoms with Crippen LogP contribution in [-0.4, -0.2) is 23.1 Å². The number of benzene rings is 1. The van der Waals surface area contributed by atoms with E-state index in [0.29, 0.717) is 24.3 Å². The second-order valence-corrected chi connectivity index (χ2v) is 4.85. The van der Waals surface area contributed by atoms with Crippen LogP contribution in [0.3, 0.4) is 0 Å². The highest BCUT2D eigenvalue weighted by Gasteiger charge is 2.06. The first-order valence-corrected chi connectivity index (χ1v) is 6.73. The SMILES string of the molecule is Cc1c(OCCCc2ccc(Cl)cc2)cnnc1C=O. The Bertz CT molecular complexity index is 585. The monoisotopic (exact) mass is 290 g/mol. The fraction of sp³-hybridized carbons (Fsp3) is 0.267. The molecule has 5 heteroatoms. The van der Waals surface area contributed by atoms with Crippen molar-refractivity contribution in [3.05, 3.63) is 52.3 Å². The molecule has 2 rings (SSSR count). The fourth-order valence-corrected chi connectivity index (χ4v) is 1.93. The van der Waals surface area contributed by atoms with Crippen LogP contribution < -0.4 is 4.74 Å². The van der Waals surface area contributed by atoms with Gasteiger partial charge in [-0.3, -0.25) is 4.79 Å². The van der Waals surface area contributed by atoms with Crippen LogP contribution in [0.25, 0.3) is 0 Å². The summed E-state index contributed by atoms with van der Waals surface area (Å²) in [5.41, 5.74) is 2.26. The molecule has 0 fully saturated rings. The summed E-state index contributed by atoms with van der Waals surface area (Å²) >= 11 is 5.83. The molecule has 0 saturated heterocycles. The van der Waals surface area contributed by atoms with Gasteiger partial charge in [0.1, 0.15) is 11.4 Å². The third kappa shape index (κ3) is 3.78. The molecule has 1 aromatic heterocycles. The maximum absolute atomic E-state index is 10.8. The first-order chi connectivity index (χ1) is 9.70. The van der Waals surface area contributed by atoms with Crippen LogP contribution in [0.2, 0.25) is 5.02 Å². The third-order valence-corrected chi connectivity index (χ3v) is 3.24. The Kier molecular flexibility index (Phi) is 5.07. The second-order valence-electron chi connectivity index (χ2n) is 4.42. The zero-order valence-electron chi connectivity index (χ0n) is 11.2. The summed E-state index contributed by atoms with van der Waals surface area (Å²) < 4.78 is 5.64. The van der Waals surface area contributed by atoms with Gasteiger partial charge < -0.3 is 4.74 Å². The molecule has 0 amide bonds. The fourth-order valence-electron chi connectivity index (χ4n) is 1.81. The molecular weight excluding hydrogens is 276 g/mol. The van der Waals surface area contributed by atoms with Crippen molar-refractivity contribution in [2.75, 3.05) is 6.61 Å². The number of rotatable bonds is 6. The Morgan fingerprint density at radius 3 is 2.75 bits per heavy atom. The third-order valence-electron chi connectivity index (χ3n) is 2.99. The summed E-state index contributed by atoms with van der Waals surface area (Å²) in [7, 11) is 0. The van der Waals surface area contributed by atoms with Crippen molar-refractivity contribution in [1.29, 1.82) is 0 Å². The van der Waals surface area contributed by atoms with Crippen molar-refractivity contribution in [2.45, 2.75) is 19.8 Å². The minimum Gasteiger partial charge on any atom is -0.492 e. The zero-order chi connectivity index (χ0) is 14.4. The Morgan fingerprint density at radius 1 is 1.30 bits per heavy atom. The summed E-state index contributed by atoms with van der Waals surface area (Å²) in [4.78, 5) is 10.8. The Labute approximate surface area is 122 Å². The molecule has 0 N–H and O–H groups in total. The lowest BCUT2D eigenvalue weighted by Gasteiger charge is -2.09. The highest BCUT2D eigenvalue weighted by Crippen LogP contribution is 2.17. The van der Waals surface area contributed by atoms with E-state index >= 15 is 0 Å². The van der Waals surface area contributed by atoms with Gasteiger partial charge in [0.15, 0.2) is 6.29 Å². The van der Waals surface area contributed by atoms with Gasteiger partial charge >= 0.3 is 0 Å². The first kappa shape index (κ1) is 14.5. The predicted octanol–water partition coefficient (Wildman–Crippen LogP) is 3.26. The van der Waals surface area contributed by atoms with E-state index < -0.39 is 0 Å². The molecule has 0 saturated carbocycles. The van der Waals surface area contributed by atoms with Crippen molar-refractivity contribution in [3.8, 4) is 5.75 Å². The van der Waals surface area contributed by atoms with Crippen LogP contribution >= 0.6 is 11.6 Å². The second kappa shape index (κ2) is 7.01. The summed E-state index contributed by atoms with van der Waals surface area (Å²) in [6.45, 7) is 2.36. The quantitative estimate of drug-likeness (QED) is 0.605. The topological polar surface area (TPSA) is 52.1 Å². The molecule has 0 radical (unpaired) electrons. The van der Waals surface area contributed by atoms with Gasteiger partial charge in [0, 0.05) is 10.6 Å². The number of hydrogen-bond donors (Lipinski definition) is 0. The van der Waals surface area contributed by atoms with Crippen molar-refractivity contribution in [3.63, 3.8) is 0 Å². The maximum atomic E-state index is 10.8. The molecule has 20 heavy (non-hydrogen) atoms. The van der Waals surface area contributed by atoms with Gasteiger partial charge in [-0.1, -0.05) is 23.7 Å². The standard InChI is InChI=1S/C15H15ClN2O2/c1-11-14(10-19)18-17-9-15(11)20-8-2-3-12-4-6-13(16)7-5-12/h4-7,9-10H,2-3,8H2,1H3. The minimum absolute atomic E-state index is 0.320. The smallest absolute Gasteiger partial charge is 0.170 e. The molecule has 0 aliphatic rings. The van der Waals surface area contributed by atoms with Crippen molar-refractivity contribution in [1.82, 2.24) is 10.2 Å². The zero-order valence-corrected chi connectivity index (χ0v) is 11.9. The summed E-state index contributed by atoms with van der Waals surface area (Å²) in [5.74, 6) is 0.609. The van der Waals surface area contributed by atoms with Crippen LogP contribution in [0.1, 0.15) is 28.0 Å². The molecule has 0 aliphatic heterocycles. The molecule has 1 heterocycles. The van der Waals surface area contributed by atoms with E-state index in [4.69, 9.17) is 16.3 Å². The van der Waals surface area contributed by atoms with Crippen LogP contribution in [0, 0.1) is 6.92 Å². The number of nitrogens with zero attached hydrogens (tertiary/aromatic N) is 2. The molecule has 4 nitrogen and oxygen atoms in total. The van der Waals surface area contributed by atoms with Gasteiger partial charge in [-0.15, -0.1) is 5.10 Å². The molecule has 0 atom stereocenters. The van der Waals surface area contributed by atoms with Gasteiger partial charge in [-0.25, -0.2) is 0 Å². The van der Waals surface area contributed by atoms with Gasteiger partial charge in [0.25, 0.3) is 0 Å². The highest BCUT2D eigenvalue weighted by atomic mass is 35.5. The molecule has 1 aromatic carbocycles. The number of carbonyl (C=O) groups excluding carboxylic acids is 1. The Balaban J connectivity index is 1.84. The van der Waals surface area contributed by atoms with Gasteiger partial charge in [0.05, 0.1) is 12.8 Å².